The van der Waals surface area contributed by atoms with E-state index in [2.05, 4.69) is 19.2 Å². The van der Waals surface area contributed by atoms with Crippen LogP contribution >= 0.6 is 0 Å². The van der Waals surface area contributed by atoms with E-state index in [1.807, 2.05) is 18.2 Å². The van der Waals surface area contributed by atoms with Crippen LogP contribution in [-0.4, -0.2) is 13.7 Å². The molecule has 0 aliphatic carbocycles. The lowest BCUT2D eigenvalue weighted by Gasteiger charge is -2.11. The Kier molecular flexibility index (Phi) is 4.96. The lowest BCUT2D eigenvalue weighted by atomic mass is 10.1. The number of nitrogens with two attached hydrogens (primary N) is 1. The van der Waals surface area contributed by atoms with Crippen molar-refractivity contribution >= 4 is 11.4 Å². The Morgan fingerprint density at radius 1 is 1.38 bits per heavy atom. The van der Waals surface area contributed by atoms with Gasteiger partial charge in [-0.15, -0.1) is 0 Å². The Morgan fingerprint density at radius 3 is 2.75 bits per heavy atom. The molecule has 0 aliphatic heterocycles. The Morgan fingerprint density at radius 2 is 2.12 bits per heavy atom. The molecule has 1 rings (SSSR count). The SMILES string of the molecule is COc1ccc(N)c(NCCCC(C)C)c1. The van der Waals surface area contributed by atoms with Gasteiger partial charge in [0.05, 0.1) is 18.5 Å². The second-order valence-corrected chi connectivity index (χ2v) is 4.42. The zero-order valence-corrected chi connectivity index (χ0v) is 10.4. The Labute approximate surface area is 98.0 Å². The highest BCUT2D eigenvalue weighted by molar-refractivity contribution is 5.68. The molecule has 0 amide bonds. The molecule has 1 aromatic carbocycles. The van der Waals surface area contributed by atoms with Gasteiger partial charge in [-0.1, -0.05) is 13.8 Å². The average Bonchev–Trinajstić information content (AvgIpc) is 2.26. The van der Waals surface area contributed by atoms with Crippen molar-refractivity contribution in [2.24, 2.45) is 5.92 Å². The minimum Gasteiger partial charge on any atom is -0.497 e. The number of hydrogen-bond acceptors (Lipinski definition) is 3. The molecule has 0 spiro atoms. The van der Waals surface area contributed by atoms with Gasteiger partial charge in [-0.05, 0) is 30.9 Å². The summed E-state index contributed by atoms with van der Waals surface area (Å²) in [6.45, 7) is 5.43. The predicted molar refractivity (Wildman–Crippen MR) is 70.0 cm³/mol. The molecule has 0 saturated carbocycles. The monoisotopic (exact) mass is 222 g/mol. The number of nitrogens with one attached hydrogen (secondary N) is 1. The van der Waals surface area contributed by atoms with Crippen LogP contribution in [-0.2, 0) is 0 Å². The second kappa shape index (κ2) is 6.26. The third-order valence-corrected chi connectivity index (χ3v) is 2.53. The summed E-state index contributed by atoms with van der Waals surface area (Å²) in [6.07, 6.45) is 2.39. The fraction of sp³-hybridized carbons (Fsp3) is 0.538. The molecule has 0 fully saturated rings. The molecule has 0 aromatic heterocycles. The van der Waals surface area contributed by atoms with E-state index in [1.165, 1.54) is 6.42 Å². The molecule has 0 aliphatic rings. The first-order valence-electron chi connectivity index (χ1n) is 5.81. The average molecular weight is 222 g/mol. The van der Waals surface area contributed by atoms with Crippen molar-refractivity contribution in [1.29, 1.82) is 0 Å². The van der Waals surface area contributed by atoms with E-state index in [0.29, 0.717) is 0 Å². The summed E-state index contributed by atoms with van der Waals surface area (Å²) >= 11 is 0. The Bertz CT molecular complexity index is 324. The van der Waals surface area contributed by atoms with Gasteiger partial charge in [-0.25, -0.2) is 0 Å². The normalized spacial score (nSPS) is 10.5. The molecular formula is C13H22N2O. The lowest BCUT2D eigenvalue weighted by Crippen LogP contribution is -2.05. The molecule has 3 N–H and O–H groups in total. The van der Waals surface area contributed by atoms with Gasteiger partial charge in [0.25, 0.3) is 0 Å². The van der Waals surface area contributed by atoms with E-state index in [0.717, 1.165) is 36.0 Å². The highest BCUT2D eigenvalue weighted by Crippen LogP contribution is 2.24. The van der Waals surface area contributed by atoms with Gasteiger partial charge in [-0.3, -0.25) is 0 Å². The van der Waals surface area contributed by atoms with E-state index in [-0.39, 0.29) is 0 Å². The molecule has 0 radical (unpaired) electrons. The van der Waals surface area contributed by atoms with Crippen LogP contribution in [0.1, 0.15) is 26.7 Å². The second-order valence-electron chi connectivity index (χ2n) is 4.42. The van der Waals surface area contributed by atoms with E-state index >= 15 is 0 Å². The third-order valence-electron chi connectivity index (χ3n) is 2.53. The Balaban J connectivity index is 2.46. The predicted octanol–water partition coefficient (Wildman–Crippen LogP) is 3.13. The maximum Gasteiger partial charge on any atom is 0.121 e. The molecule has 16 heavy (non-hydrogen) atoms. The van der Waals surface area contributed by atoms with Crippen LogP contribution in [0.3, 0.4) is 0 Å². The van der Waals surface area contributed by atoms with Crippen LogP contribution in [0.5, 0.6) is 5.75 Å². The first-order chi connectivity index (χ1) is 7.63. The molecule has 0 atom stereocenters. The molecule has 0 saturated heterocycles. The van der Waals surface area contributed by atoms with Gasteiger partial charge in [0.2, 0.25) is 0 Å². The highest BCUT2D eigenvalue weighted by atomic mass is 16.5. The molecule has 3 nitrogen and oxygen atoms in total. The molecule has 1 aromatic rings. The number of nitrogen functional groups attached to an aromatic ring is 1. The van der Waals surface area contributed by atoms with Gasteiger partial charge >= 0.3 is 0 Å². The number of methoxy groups -OCH3 is 1. The van der Waals surface area contributed by atoms with Gasteiger partial charge in [0.15, 0.2) is 0 Å². The number of hydrogen-bond donors (Lipinski definition) is 2. The van der Waals surface area contributed by atoms with Crippen molar-refractivity contribution in [2.45, 2.75) is 26.7 Å². The quantitative estimate of drug-likeness (QED) is 0.574. The minimum absolute atomic E-state index is 0.754. The number of rotatable bonds is 6. The summed E-state index contributed by atoms with van der Waals surface area (Å²) in [5.41, 5.74) is 7.60. The summed E-state index contributed by atoms with van der Waals surface area (Å²) in [7, 11) is 1.66. The summed E-state index contributed by atoms with van der Waals surface area (Å²) < 4.78 is 5.16. The van der Waals surface area contributed by atoms with Crippen LogP contribution in [0.2, 0.25) is 0 Å². The zero-order chi connectivity index (χ0) is 12.0. The number of benzene rings is 1. The topological polar surface area (TPSA) is 47.3 Å². The summed E-state index contributed by atoms with van der Waals surface area (Å²) in [5, 5.41) is 3.34. The van der Waals surface area contributed by atoms with Crippen LogP contribution in [0.25, 0.3) is 0 Å². The number of ether oxygens (including phenoxy) is 1. The fourth-order valence-electron chi connectivity index (χ4n) is 1.55. The summed E-state index contributed by atoms with van der Waals surface area (Å²) in [5.74, 6) is 1.59. The lowest BCUT2D eigenvalue weighted by molar-refractivity contribution is 0.415. The standard InChI is InChI=1S/C13H22N2O/c1-10(2)5-4-8-15-13-9-11(16-3)6-7-12(13)14/h6-7,9-10,15H,4-5,8,14H2,1-3H3. The van der Waals surface area contributed by atoms with Gasteiger partial charge in [0, 0.05) is 12.6 Å². The van der Waals surface area contributed by atoms with Crippen molar-refractivity contribution in [3.63, 3.8) is 0 Å². The van der Waals surface area contributed by atoms with E-state index < -0.39 is 0 Å². The molecule has 0 bridgehead atoms. The van der Waals surface area contributed by atoms with Gasteiger partial charge in [-0.2, -0.15) is 0 Å². The Hall–Kier alpha value is -1.38. The molecule has 90 valence electrons. The highest BCUT2D eigenvalue weighted by Gasteiger charge is 2.01. The first-order valence-corrected chi connectivity index (χ1v) is 5.81. The van der Waals surface area contributed by atoms with E-state index in [1.54, 1.807) is 7.11 Å². The van der Waals surface area contributed by atoms with Crippen LogP contribution in [0, 0.1) is 5.92 Å². The number of anilines is 2. The van der Waals surface area contributed by atoms with Crippen molar-refractivity contribution in [2.75, 3.05) is 24.7 Å². The van der Waals surface area contributed by atoms with Crippen molar-refractivity contribution in [3.05, 3.63) is 18.2 Å². The third kappa shape index (κ3) is 4.01. The zero-order valence-electron chi connectivity index (χ0n) is 10.4. The molecule has 0 heterocycles. The van der Waals surface area contributed by atoms with Crippen molar-refractivity contribution in [1.82, 2.24) is 0 Å². The molecular weight excluding hydrogens is 200 g/mol. The van der Waals surface area contributed by atoms with Crippen LogP contribution < -0.4 is 15.8 Å². The van der Waals surface area contributed by atoms with Crippen molar-refractivity contribution in [3.8, 4) is 5.75 Å². The molecule has 0 unspecified atom stereocenters. The minimum atomic E-state index is 0.754. The fourth-order valence-corrected chi connectivity index (χ4v) is 1.55. The van der Waals surface area contributed by atoms with Gasteiger partial charge < -0.3 is 15.8 Å². The van der Waals surface area contributed by atoms with Gasteiger partial charge in [0.1, 0.15) is 5.75 Å². The first kappa shape index (κ1) is 12.7. The van der Waals surface area contributed by atoms with Crippen molar-refractivity contribution < 1.29 is 4.74 Å². The van der Waals surface area contributed by atoms with Crippen LogP contribution in [0.15, 0.2) is 18.2 Å². The van der Waals surface area contributed by atoms with Crippen LogP contribution in [0.4, 0.5) is 11.4 Å². The smallest absolute Gasteiger partial charge is 0.121 e. The summed E-state index contributed by atoms with van der Waals surface area (Å²) in [4.78, 5) is 0. The largest absolute Gasteiger partial charge is 0.497 e. The maximum absolute atomic E-state index is 5.87. The van der Waals surface area contributed by atoms with E-state index in [4.69, 9.17) is 10.5 Å². The maximum atomic E-state index is 5.87. The summed E-state index contributed by atoms with van der Waals surface area (Å²) in [6, 6.07) is 5.67. The molecule has 3 heteroatoms. The van der Waals surface area contributed by atoms with E-state index in [9.17, 15) is 0 Å².